The number of aryl methyl sites for hydroxylation is 2. The average Bonchev–Trinajstić information content (AvgIpc) is 2.25. The lowest BCUT2D eigenvalue weighted by Crippen LogP contribution is -2.05. The highest BCUT2D eigenvalue weighted by Crippen LogP contribution is 2.23. The van der Waals surface area contributed by atoms with Crippen LogP contribution in [0.25, 0.3) is 0 Å². The highest BCUT2D eigenvalue weighted by molar-refractivity contribution is 5.98. The smallest absolute Gasteiger partial charge is 0.163 e. The molecule has 0 aliphatic carbocycles. The number of rotatable bonds is 6. The Morgan fingerprint density at radius 1 is 1.18 bits per heavy atom. The van der Waals surface area contributed by atoms with E-state index in [4.69, 9.17) is 4.74 Å². The Balaban J connectivity index is 2.96. The summed E-state index contributed by atoms with van der Waals surface area (Å²) >= 11 is 0. The molecule has 0 saturated heterocycles. The van der Waals surface area contributed by atoms with Crippen LogP contribution in [0, 0.1) is 13.8 Å². The number of hydrogen-bond acceptors (Lipinski definition) is 2. The largest absolute Gasteiger partial charge is 0.494 e. The molecule has 0 heterocycles. The van der Waals surface area contributed by atoms with Crippen LogP contribution in [0.2, 0.25) is 0 Å². The quantitative estimate of drug-likeness (QED) is 0.693. The molecule has 0 N–H and O–H groups in total. The maximum atomic E-state index is 12.1. The standard InChI is InChI=1S/C15H22O2/c1-5-7-8-14(16)15-11(3)9-13(17-6-2)10-12(15)4/h9-10H,5-8H2,1-4H3. The van der Waals surface area contributed by atoms with Gasteiger partial charge < -0.3 is 4.74 Å². The average molecular weight is 234 g/mol. The van der Waals surface area contributed by atoms with Gasteiger partial charge in [-0.05, 0) is 50.5 Å². The van der Waals surface area contributed by atoms with E-state index in [9.17, 15) is 4.79 Å². The second kappa shape index (κ2) is 6.43. The lowest BCUT2D eigenvalue weighted by atomic mass is 9.96. The van der Waals surface area contributed by atoms with Gasteiger partial charge in [-0.3, -0.25) is 4.79 Å². The highest BCUT2D eigenvalue weighted by atomic mass is 16.5. The van der Waals surface area contributed by atoms with Crippen LogP contribution in [-0.4, -0.2) is 12.4 Å². The van der Waals surface area contributed by atoms with Crippen LogP contribution >= 0.6 is 0 Å². The maximum absolute atomic E-state index is 12.1. The minimum Gasteiger partial charge on any atom is -0.494 e. The van der Waals surface area contributed by atoms with Gasteiger partial charge in [-0.25, -0.2) is 0 Å². The Morgan fingerprint density at radius 2 is 1.76 bits per heavy atom. The van der Waals surface area contributed by atoms with E-state index in [2.05, 4.69) is 6.92 Å². The number of benzene rings is 1. The second-order valence-electron chi connectivity index (χ2n) is 4.39. The fraction of sp³-hybridized carbons (Fsp3) is 0.533. The summed E-state index contributed by atoms with van der Waals surface area (Å²) in [5.74, 6) is 1.11. The van der Waals surface area contributed by atoms with E-state index in [0.29, 0.717) is 13.0 Å². The lowest BCUT2D eigenvalue weighted by Gasteiger charge is -2.12. The molecule has 0 aliphatic rings. The maximum Gasteiger partial charge on any atom is 0.163 e. The molecule has 0 spiro atoms. The van der Waals surface area contributed by atoms with Gasteiger partial charge in [0.05, 0.1) is 6.61 Å². The summed E-state index contributed by atoms with van der Waals surface area (Å²) in [4.78, 5) is 12.1. The minimum absolute atomic E-state index is 0.255. The number of ketones is 1. The molecular formula is C15H22O2. The third kappa shape index (κ3) is 3.58. The van der Waals surface area contributed by atoms with Gasteiger partial charge in [-0.2, -0.15) is 0 Å². The van der Waals surface area contributed by atoms with Crippen molar-refractivity contribution < 1.29 is 9.53 Å². The van der Waals surface area contributed by atoms with Crippen LogP contribution < -0.4 is 4.74 Å². The molecule has 1 aromatic carbocycles. The first kappa shape index (κ1) is 13.8. The number of unbranched alkanes of at least 4 members (excludes halogenated alkanes) is 1. The van der Waals surface area contributed by atoms with Gasteiger partial charge in [0.1, 0.15) is 5.75 Å². The number of carbonyl (C=O) groups is 1. The van der Waals surface area contributed by atoms with Crippen LogP contribution in [0.3, 0.4) is 0 Å². The zero-order chi connectivity index (χ0) is 12.8. The predicted octanol–water partition coefficient (Wildman–Crippen LogP) is 4.08. The Bertz CT molecular complexity index is 371. The van der Waals surface area contributed by atoms with E-state index in [1.165, 1.54) is 0 Å². The summed E-state index contributed by atoms with van der Waals surface area (Å²) in [7, 11) is 0. The van der Waals surface area contributed by atoms with Crippen molar-refractivity contribution in [1.29, 1.82) is 0 Å². The number of ether oxygens (including phenoxy) is 1. The Labute approximate surface area is 104 Å². The first-order chi connectivity index (χ1) is 8.10. The van der Waals surface area contributed by atoms with Gasteiger partial charge in [0.15, 0.2) is 5.78 Å². The van der Waals surface area contributed by atoms with Gasteiger partial charge in [0.25, 0.3) is 0 Å². The van der Waals surface area contributed by atoms with Crippen molar-refractivity contribution in [2.75, 3.05) is 6.61 Å². The molecule has 94 valence electrons. The van der Waals surface area contributed by atoms with Gasteiger partial charge in [-0.1, -0.05) is 13.3 Å². The molecule has 0 bridgehead atoms. The summed E-state index contributed by atoms with van der Waals surface area (Å²) in [6.45, 7) is 8.68. The Kier molecular flexibility index (Phi) is 5.20. The molecule has 2 nitrogen and oxygen atoms in total. The van der Waals surface area contributed by atoms with Gasteiger partial charge >= 0.3 is 0 Å². The van der Waals surface area contributed by atoms with E-state index in [1.807, 2.05) is 32.9 Å². The molecule has 0 atom stereocenters. The Hall–Kier alpha value is -1.31. The Morgan fingerprint density at radius 3 is 2.24 bits per heavy atom. The van der Waals surface area contributed by atoms with Crippen LogP contribution in [0.1, 0.15) is 54.6 Å². The van der Waals surface area contributed by atoms with Crippen LogP contribution in [0.4, 0.5) is 0 Å². The zero-order valence-electron chi connectivity index (χ0n) is 11.3. The summed E-state index contributed by atoms with van der Waals surface area (Å²) in [6.07, 6.45) is 2.66. The first-order valence-electron chi connectivity index (χ1n) is 6.37. The topological polar surface area (TPSA) is 26.3 Å². The molecular weight excluding hydrogens is 212 g/mol. The molecule has 0 unspecified atom stereocenters. The summed E-state index contributed by atoms with van der Waals surface area (Å²) < 4.78 is 5.47. The van der Waals surface area contributed by atoms with Crippen molar-refractivity contribution in [3.05, 3.63) is 28.8 Å². The van der Waals surface area contributed by atoms with Crippen molar-refractivity contribution in [2.45, 2.75) is 47.0 Å². The third-order valence-electron chi connectivity index (χ3n) is 2.85. The molecule has 0 fully saturated rings. The van der Waals surface area contributed by atoms with Crippen molar-refractivity contribution in [3.63, 3.8) is 0 Å². The van der Waals surface area contributed by atoms with Crippen molar-refractivity contribution >= 4 is 5.78 Å². The van der Waals surface area contributed by atoms with E-state index in [-0.39, 0.29) is 5.78 Å². The third-order valence-corrected chi connectivity index (χ3v) is 2.85. The number of Topliss-reactive ketones (excluding diaryl/α,β-unsaturated/α-hetero) is 1. The predicted molar refractivity (Wildman–Crippen MR) is 70.9 cm³/mol. The SMILES string of the molecule is CCCCC(=O)c1c(C)cc(OCC)cc1C. The summed E-state index contributed by atoms with van der Waals surface area (Å²) in [5.41, 5.74) is 2.92. The van der Waals surface area contributed by atoms with Gasteiger partial charge in [0, 0.05) is 12.0 Å². The summed E-state index contributed by atoms with van der Waals surface area (Å²) in [5, 5.41) is 0. The van der Waals surface area contributed by atoms with Crippen molar-refractivity contribution in [3.8, 4) is 5.75 Å². The van der Waals surface area contributed by atoms with Crippen LogP contribution in [-0.2, 0) is 0 Å². The second-order valence-corrected chi connectivity index (χ2v) is 4.39. The highest BCUT2D eigenvalue weighted by Gasteiger charge is 2.13. The minimum atomic E-state index is 0.255. The molecule has 0 amide bonds. The van der Waals surface area contributed by atoms with Crippen LogP contribution in [0.15, 0.2) is 12.1 Å². The monoisotopic (exact) mass is 234 g/mol. The molecule has 2 heteroatoms. The molecule has 1 aromatic rings. The van der Waals surface area contributed by atoms with E-state index >= 15 is 0 Å². The first-order valence-corrected chi connectivity index (χ1v) is 6.37. The fourth-order valence-corrected chi connectivity index (χ4v) is 2.08. The van der Waals surface area contributed by atoms with Crippen molar-refractivity contribution in [1.82, 2.24) is 0 Å². The van der Waals surface area contributed by atoms with E-state index < -0.39 is 0 Å². The van der Waals surface area contributed by atoms with Crippen molar-refractivity contribution in [2.24, 2.45) is 0 Å². The van der Waals surface area contributed by atoms with Gasteiger partial charge in [0.2, 0.25) is 0 Å². The molecule has 0 aliphatic heterocycles. The molecule has 1 rings (SSSR count). The lowest BCUT2D eigenvalue weighted by molar-refractivity contribution is 0.0978. The fourth-order valence-electron chi connectivity index (χ4n) is 2.08. The summed E-state index contributed by atoms with van der Waals surface area (Å²) in [6, 6.07) is 3.91. The van der Waals surface area contributed by atoms with Crippen LogP contribution in [0.5, 0.6) is 5.75 Å². The molecule has 0 aromatic heterocycles. The van der Waals surface area contributed by atoms with E-state index in [1.54, 1.807) is 0 Å². The normalized spacial score (nSPS) is 10.4. The number of hydrogen-bond donors (Lipinski definition) is 0. The molecule has 17 heavy (non-hydrogen) atoms. The van der Waals surface area contributed by atoms with Gasteiger partial charge in [-0.15, -0.1) is 0 Å². The zero-order valence-corrected chi connectivity index (χ0v) is 11.3. The number of carbonyl (C=O) groups excluding carboxylic acids is 1. The van der Waals surface area contributed by atoms with E-state index in [0.717, 1.165) is 35.3 Å². The molecule has 0 saturated carbocycles. The molecule has 0 radical (unpaired) electrons.